The number of hydrogen-bond donors (Lipinski definition) is 0. The summed E-state index contributed by atoms with van der Waals surface area (Å²) in [6.45, 7) is 6.16. The van der Waals surface area contributed by atoms with Crippen LogP contribution in [0.3, 0.4) is 0 Å². The van der Waals surface area contributed by atoms with E-state index in [0.29, 0.717) is 5.92 Å². The van der Waals surface area contributed by atoms with Gasteiger partial charge in [0.25, 0.3) is 0 Å². The Morgan fingerprint density at radius 3 is 2.71 bits per heavy atom. The van der Waals surface area contributed by atoms with Gasteiger partial charge >= 0.3 is 26.2 Å². The van der Waals surface area contributed by atoms with Crippen molar-refractivity contribution in [3.05, 3.63) is 77.4 Å². The first kappa shape index (κ1) is 23.6. The molecule has 0 fully saturated rings. The van der Waals surface area contributed by atoms with Gasteiger partial charge in [0.1, 0.15) is 0 Å². The molecule has 0 aliphatic heterocycles. The topological polar surface area (TPSA) is 0 Å². The van der Waals surface area contributed by atoms with Crippen molar-refractivity contribution in [1.82, 2.24) is 0 Å². The second-order valence-electron chi connectivity index (χ2n) is 5.90. The van der Waals surface area contributed by atoms with Crippen molar-refractivity contribution in [2.75, 3.05) is 0 Å². The van der Waals surface area contributed by atoms with E-state index in [9.17, 15) is 0 Å². The first-order chi connectivity index (χ1) is 10.3. The summed E-state index contributed by atoms with van der Waals surface area (Å²) in [6.07, 6.45) is 16.2. The maximum absolute atomic E-state index is 3.90. The summed E-state index contributed by atoms with van der Waals surface area (Å²) >= 11 is 0. The summed E-state index contributed by atoms with van der Waals surface area (Å²) in [4.78, 5) is 0. The van der Waals surface area contributed by atoms with Gasteiger partial charge in [0.15, 0.2) is 0 Å². The molecule has 0 bridgehead atoms. The number of hydrogen-bond acceptors (Lipinski definition) is 0. The van der Waals surface area contributed by atoms with E-state index in [-0.39, 0.29) is 51.0 Å². The van der Waals surface area contributed by atoms with Gasteiger partial charge in [0, 0.05) is 0 Å². The third kappa shape index (κ3) is 4.84. The largest absolute Gasteiger partial charge is 3.00 e. The molecule has 125 valence electrons. The fourth-order valence-electron chi connectivity index (χ4n) is 3.38. The Morgan fingerprint density at radius 1 is 1.25 bits per heavy atom. The average Bonchev–Trinajstić information content (AvgIpc) is 3.10. The predicted molar refractivity (Wildman–Crippen MR) is 91.0 cm³/mol. The molecule has 1 atom stereocenters. The van der Waals surface area contributed by atoms with Gasteiger partial charge < -0.3 is 24.8 Å². The smallest absolute Gasteiger partial charge is 1.00 e. The Balaban J connectivity index is 0.00000176. The fourth-order valence-corrected chi connectivity index (χ4v) is 3.38. The quantitative estimate of drug-likeness (QED) is 0.434. The van der Waals surface area contributed by atoms with Crippen LogP contribution in [0.2, 0.25) is 0 Å². The van der Waals surface area contributed by atoms with Gasteiger partial charge in [-0.3, -0.25) is 0 Å². The number of rotatable bonds is 6. The SMILES string of the molecule is C=CCC1[C-]=C(C2=C(CCCC)C=CC2)c2ccccc21.[Cl-].[Cl-].[Zr+3]. The van der Waals surface area contributed by atoms with Crippen LogP contribution < -0.4 is 24.8 Å². The van der Waals surface area contributed by atoms with Gasteiger partial charge in [-0.25, -0.2) is 0 Å². The Hall–Kier alpha value is -0.357. The Labute approximate surface area is 178 Å². The molecule has 0 nitrogen and oxygen atoms in total. The van der Waals surface area contributed by atoms with Crippen molar-refractivity contribution in [2.24, 2.45) is 0 Å². The predicted octanol–water partition coefficient (Wildman–Crippen LogP) is -0.00131. The third-order valence-electron chi connectivity index (χ3n) is 4.46. The summed E-state index contributed by atoms with van der Waals surface area (Å²) < 4.78 is 0. The molecular weight excluding hydrogens is 414 g/mol. The third-order valence-corrected chi connectivity index (χ3v) is 4.46. The molecule has 1 aromatic carbocycles. The molecule has 2 aliphatic rings. The summed E-state index contributed by atoms with van der Waals surface area (Å²) in [6, 6.07) is 8.78. The van der Waals surface area contributed by atoms with Crippen molar-refractivity contribution >= 4 is 5.57 Å². The van der Waals surface area contributed by atoms with E-state index in [1.165, 1.54) is 47.1 Å². The van der Waals surface area contributed by atoms with E-state index in [4.69, 9.17) is 0 Å². The van der Waals surface area contributed by atoms with Crippen molar-refractivity contribution in [3.63, 3.8) is 0 Å². The summed E-state index contributed by atoms with van der Waals surface area (Å²) in [7, 11) is 0. The van der Waals surface area contributed by atoms with E-state index in [1.54, 1.807) is 0 Å². The van der Waals surface area contributed by atoms with Crippen LogP contribution in [0.15, 0.2) is 60.2 Å². The Morgan fingerprint density at radius 2 is 2.00 bits per heavy atom. The maximum Gasteiger partial charge on any atom is 3.00 e. The van der Waals surface area contributed by atoms with E-state index in [2.05, 4.69) is 56.0 Å². The molecule has 2 aliphatic carbocycles. The molecule has 1 radical (unpaired) electrons. The Bertz CT molecular complexity index is 641. The van der Waals surface area contributed by atoms with Gasteiger partial charge in [-0.2, -0.15) is 11.6 Å². The monoisotopic (exact) mass is 435 g/mol. The first-order valence-electron chi connectivity index (χ1n) is 8.07. The second-order valence-corrected chi connectivity index (χ2v) is 5.90. The molecule has 24 heavy (non-hydrogen) atoms. The minimum absolute atomic E-state index is 0. The zero-order valence-electron chi connectivity index (χ0n) is 14.1. The minimum atomic E-state index is 0. The molecule has 0 aromatic heterocycles. The number of fused-ring (bicyclic) bond motifs is 1. The van der Waals surface area contributed by atoms with Gasteiger partial charge in [-0.1, -0.05) is 74.1 Å². The second kappa shape index (κ2) is 11.3. The van der Waals surface area contributed by atoms with Gasteiger partial charge in [0.05, 0.1) is 0 Å². The first-order valence-corrected chi connectivity index (χ1v) is 8.07. The van der Waals surface area contributed by atoms with Crippen LogP contribution in [0.1, 0.15) is 56.1 Å². The molecule has 0 saturated carbocycles. The molecule has 0 heterocycles. The molecule has 3 heteroatoms. The van der Waals surface area contributed by atoms with Gasteiger partial charge in [-0.05, 0) is 12.8 Å². The van der Waals surface area contributed by atoms with Crippen LogP contribution in [-0.2, 0) is 26.2 Å². The number of allylic oxidation sites excluding steroid dienone is 7. The molecular formula is C21H23Cl2Zr. The van der Waals surface area contributed by atoms with Crippen LogP contribution in [0.5, 0.6) is 0 Å². The van der Waals surface area contributed by atoms with E-state index < -0.39 is 0 Å². The molecule has 0 saturated heterocycles. The van der Waals surface area contributed by atoms with Crippen molar-refractivity contribution in [2.45, 2.75) is 44.9 Å². The zero-order chi connectivity index (χ0) is 14.7. The summed E-state index contributed by atoms with van der Waals surface area (Å²) in [5.41, 5.74) is 7.18. The van der Waals surface area contributed by atoms with Crippen LogP contribution in [0.4, 0.5) is 0 Å². The van der Waals surface area contributed by atoms with Crippen LogP contribution in [0, 0.1) is 6.08 Å². The van der Waals surface area contributed by atoms with Crippen molar-refractivity contribution in [3.8, 4) is 0 Å². The number of unbranched alkanes of at least 4 members (excludes halogenated alkanes) is 1. The van der Waals surface area contributed by atoms with E-state index >= 15 is 0 Å². The summed E-state index contributed by atoms with van der Waals surface area (Å²) in [5.74, 6) is 0.384. The normalized spacial score (nSPS) is 17.4. The minimum Gasteiger partial charge on any atom is -1.00 e. The van der Waals surface area contributed by atoms with Gasteiger partial charge in [-0.15, -0.1) is 29.3 Å². The maximum atomic E-state index is 3.90. The molecule has 0 N–H and O–H groups in total. The van der Waals surface area contributed by atoms with Crippen LogP contribution in [-0.4, -0.2) is 0 Å². The number of halogens is 2. The van der Waals surface area contributed by atoms with E-state index in [0.717, 1.165) is 12.8 Å². The fraction of sp³-hybridized carbons (Fsp3) is 0.333. The Kier molecular flexibility index (Phi) is 11.1. The van der Waals surface area contributed by atoms with Crippen molar-refractivity contribution in [1.29, 1.82) is 0 Å². The molecule has 3 rings (SSSR count). The standard InChI is InChI=1S/C21H23.2ClH.Zr/c1-3-5-10-16-11-8-14-18(16)21-15-17(9-4-2)19-12-6-7-13-20(19)21;;;/h4,6-8,11-13,17H,2-3,5,9-10,14H2,1H3;2*1H;/q-1;;;+3/p-2. The van der Waals surface area contributed by atoms with Crippen LogP contribution in [0.25, 0.3) is 5.57 Å². The molecule has 0 amide bonds. The van der Waals surface area contributed by atoms with Crippen LogP contribution >= 0.6 is 0 Å². The molecule has 0 spiro atoms. The average molecular weight is 438 g/mol. The summed E-state index contributed by atoms with van der Waals surface area (Å²) in [5, 5.41) is 0. The van der Waals surface area contributed by atoms with Crippen molar-refractivity contribution < 1.29 is 51.0 Å². The van der Waals surface area contributed by atoms with E-state index in [1.807, 2.05) is 6.08 Å². The molecule has 1 unspecified atom stereocenters. The van der Waals surface area contributed by atoms with Gasteiger partial charge in [0.2, 0.25) is 0 Å². The molecule has 1 aromatic rings. The zero-order valence-corrected chi connectivity index (χ0v) is 18.1. The number of benzene rings is 1.